The Kier molecular flexibility index (Phi) is 5.13. The first kappa shape index (κ1) is 16.2. The van der Waals surface area contributed by atoms with Gasteiger partial charge in [-0.1, -0.05) is 0 Å². The molecule has 1 atom stereocenters. The molecule has 2 N–H and O–H groups in total. The van der Waals surface area contributed by atoms with Crippen molar-refractivity contribution in [2.45, 2.75) is 24.6 Å². The molecule has 0 aliphatic rings. The monoisotopic (exact) mass is 310 g/mol. The highest BCUT2D eigenvalue weighted by Crippen LogP contribution is 2.13. The van der Waals surface area contributed by atoms with Crippen molar-refractivity contribution in [1.82, 2.24) is 10.0 Å². The Hall–Kier alpha value is -0.900. The summed E-state index contributed by atoms with van der Waals surface area (Å²) in [6.07, 6.45) is 1.16. The SMILES string of the molecule is CNS(=O)(=O)c1ccc(CNC(C)CS(C)(=O)=O)o1. The van der Waals surface area contributed by atoms with Crippen LogP contribution in [0.15, 0.2) is 21.6 Å². The fraction of sp³-hybridized carbons (Fsp3) is 0.600. The molecule has 0 radical (unpaired) electrons. The first-order chi connectivity index (χ1) is 8.64. The van der Waals surface area contributed by atoms with Crippen molar-refractivity contribution in [3.05, 3.63) is 17.9 Å². The van der Waals surface area contributed by atoms with E-state index in [1.807, 2.05) is 0 Å². The lowest BCUT2D eigenvalue weighted by atomic mass is 10.3. The zero-order valence-corrected chi connectivity index (χ0v) is 12.6. The highest BCUT2D eigenvalue weighted by molar-refractivity contribution is 7.90. The summed E-state index contributed by atoms with van der Waals surface area (Å²) in [5, 5.41) is 2.79. The van der Waals surface area contributed by atoms with Gasteiger partial charge in [0.05, 0.1) is 12.3 Å². The second-order valence-corrected chi connectivity index (χ2v) is 8.31. The molecular weight excluding hydrogens is 292 g/mol. The minimum atomic E-state index is -3.59. The third kappa shape index (κ3) is 5.31. The number of hydrogen-bond donors (Lipinski definition) is 2. The van der Waals surface area contributed by atoms with Crippen LogP contribution in [-0.4, -0.2) is 41.9 Å². The molecule has 1 heterocycles. The van der Waals surface area contributed by atoms with Crippen LogP contribution in [0.3, 0.4) is 0 Å². The van der Waals surface area contributed by atoms with Crippen LogP contribution in [0.2, 0.25) is 0 Å². The molecule has 1 rings (SSSR count). The highest BCUT2D eigenvalue weighted by Gasteiger charge is 2.17. The van der Waals surface area contributed by atoms with Crippen LogP contribution in [0.25, 0.3) is 0 Å². The van der Waals surface area contributed by atoms with Crippen molar-refractivity contribution in [2.75, 3.05) is 19.1 Å². The lowest BCUT2D eigenvalue weighted by molar-refractivity contribution is 0.394. The van der Waals surface area contributed by atoms with E-state index in [9.17, 15) is 16.8 Å². The summed E-state index contributed by atoms with van der Waals surface area (Å²) < 4.78 is 52.3. The van der Waals surface area contributed by atoms with Crippen molar-refractivity contribution in [1.29, 1.82) is 0 Å². The van der Waals surface area contributed by atoms with Crippen LogP contribution in [0.5, 0.6) is 0 Å². The molecule has 0 fully saturated rings. The summed E-state index contributed by atoms with van der Waals surface area (Å²) in [4.78, 5) is 0. The molecule has 1 aromatic heterocycles. The number of hydrogen-bond acceptors (Lipinski definition) is 6. The summed E-state index contributed by atoms with van der Waals surface area (Å²) in [6, 6.07) is 2.64. The van der Waals surface area contributed by atoms with Crippen LogP contribution in [-0.2, 0) is 26.4 Å². The number of sulfonamides is 1. The van der Waals surface area contributed by atoms with E-state index < -0.39 is 19.9 Å². The van der Waals surface area contributed by atoms with E-state index in [0.29, 0.717) is 5.76 Å². The van der Waals surface area contributed by atoms with Crippen molar-refractivity contribution in [2.24, 2.45) is 0 Å². The van der Waals surface area contributed by atoms with E-state index in [1.54, 1.807) is 6.92 Å². The molecule has 0 amide bonds. The van der Waals surface area contributed by atoms with Crippen molar-refractivity contribution in [3.63, 3.8) is 0 Å². The molecule has 0 aromatic carbocycles. The van der Waals surface area contributed by atoms with Gasteiger partial charge in [-0.05, 0) is 26.1 Å². The van der Waals surface area contributed by atoms with Gasteiger partial charge in [0, 0.05) is 12.3 Å². The molecule has 0 saturated carbocycles. The fourth-order valence-electron chi connectivity index (χ4n) is 1.49. The molecule has 0 saturated heterocycles. The minimum absolute atomic E-state index is 0.00931. The Labute approximate surface area is 113 Å². The second kappa shape index (κ2) is 6.04. The molecule has 19 heavy (non-hydrogen) atoms. The number of nitrogens with one attached hydrogen (secondary N) is 2. The van der Waals surface area contributed by atoms with Gasteiger partial charge < -0.3 is 9.73 Å². The van der Waals surface area contributed by atoms with Crippen molar-refractivity contribution >= 4 is 19.9 Å². The molecule has 0 spiro atoms. The van der Waals surface area contributed by atoms with Crippen LogP contribution in [0, 0.1) is 0 Å². The Morgan fingerprint density at radius 3 is 2.42 bits per heavy atom. The van der Waals surface area contributed by atoms with Gasteiger partial charge in [0.25, 0.3) is 10.0 Å². The quantitative estimate of drug-likeness (QED) is 0.717. The van der Waals surface area contributed by atoms with Gasteiger partial charge in [-0.15, -0.1) is 0 Å². The summed E-state index contributed by atoms with van der Waals surface area (Å²) in [7, 11) is -5.34. The zero-order chi connectivity index (χ0) is 14.7. The van der Waals surface area contributed by atoms with Crippen LogP contribution >= 0.6 is 0 Å². The average molecular weight is 310 g/mol. The van der Waals surface area contributed by atoms with Crippen molar-refractivity contribution in [3.8, 4) is 0 Å². The molecule has 1 unspecified atom stereocenters. The molecule has 9 heteroatoms. The van der Waals surface area contributed by atoms with Gasteiger partial charge >= 0.3 is 0 Å². The highest BCUT2D eigenvalue weighted by atomic mass is 32.2. The Morgan fingerprint density at radius 2 is 1.89 bits per heavy atom. The standard InChI is InChI=1S/C10H18N2O5S2/c1-8(7-18(3,13)14)12-6-9-4-5-10(17-9)19(15,16)11-2/h4-5,8,11-12H,6-7H2,1-3H3. The predicted molar refractivity (Wildman–Crippen MR) is 71.0 cm³/mol. The maximum Gasteiger partial charge on any atom is 0.273 e. The number of sulfone groups is 1. The van der Waals surface area contributed by atoms with E-state index in [-0.39, 0.29) is 23.4 Å². The van der Waals surface area contributed by atoms with Crippen molar-refractivity contribution < 1.29 is 21.3 Å². The predicted octanol–water partition coefficient (Wildman–Crippen LogP) is -0.290. The number of furan rings is 1. The molecular formula is C10H18N2O5S2. The third-order valence-corrected chi connectivity index (χ3v) is 4.74. The van der Waals surface area contributed by atoms with Gasteiger partial charge in [-0.2, -0.15) is 0 Å². The summed E-state index contributed by atoms with van der Waals surface area (Å²) in [5.74, 6) is 0.434. The van der Waals surface area contributed by atoms with Crippen LogP contribution in [0.4, 0.5) is 0 Å². The van der Waals surface area contributed by atoms with Gasteiger partial charge in [0.2, 0.25) is 5.09 Å². The molecule has 0 aliphatic carbocycles. The summed E-state index contributed by atoms with van der Waals surface area (Å²) >= 11 is 0. The van der Waals surface area contributed by atoms with Crippen LogP contribution in [0.1, 0.15) is 12.7 Å². The smallest absolute Gasteiger partial charge is 0.273 e. The normalized spacial score (nSPS) is 14.5. The fourth-order valence-corrected chi connectivity index (χ4v) is 3.18. The number of rotatable bonds is 7. The van der Waals surface area contributed by atoms with Gasteiger partial charge in [-0.25, -0.2) is 21.6 Å². The average Bonchev–Trinajstić information content (AvgIpc) is 2.73. The van der Waals surface area contributed by atoms with E-state index in [4.69, 9.17) is 4.42 Å². The zero-order valence-electron chi connectivity index (χ0n) is 11.0. The second-order valence-electron chi connectivity index (χ2n) is 4.30. The van der Waals surface area contributed by atoms with E-state index >= 15 is 0 Å². The van der Waals surface area contributed by atoms with Gasteiger partial charge in [0.1, 0.15) is 15.6 Å². The first-order valence-electron chi connectivity index (χ1n) is 5.57. The summed E-state index contributed by atoms with van der Waals surface area (Å²) in [5.41, 5.74) is 0. The largest absolute Gasteiger partial charge is 0.447 e. The Morgan fingerprint density at radius 1 is 1.26 bits per heavy atom. The maximum absolute atomic E-state index is 11.4. The summed E-state index contributed by atoms with van der Waals surface area (Å²) in [6.45, 7) is 1.99. The molecule has 0 aliphatic heterocycles. The first-order valence-corrected chi connectivity index (χ1v) is 9.12. The molecule has 110 valence electrons. The Balaban J connectivity index is 2.61. The minimum Gasteiger partial charge on any atom is -0.447 e. The van der Waals surface area contributed by atoms with Gasteiger partial charge in [0.15, 0.2) is 0 Å². The van der Waals surface area contributed by atoms with E-state index in [1.165, 1.54) is 19.2 Å². The molecule has 7 nitrogen and oxygen atoms in total. The molecule has 0 bridgehead atoms. The van der Waals surface area contributed by atoms with Gasteiger partial charge in [-0.3, -0.25) is 0 Å². The lowest BCUT2D eigenvalue weighted by Gasteiger charge is -2.11. The van der Waals surface area contributed by atoms with E-state index in [2.05, 4.69) is 10.0 Å². The molecule has 1 aromatic rings. The van der Waals surface area contributed by atoms with Crippen LogP contribution < -0.4 is 10.0 Å². The van der Waals surface area contributed by atoms with E-state index in [0.717, 1.165) is 6.26 Å². The lowest BCUT2D eigenvalue weighted by Crippen LogP contribution is -2.32. The Bertz CT molecular complexity index is 618. The topological polar surface area (TPSA) is 105 Å². The maximum atomic E-state index is 11.4. The third-order valence-electron chi connectivity index (χ3n) is 2.35.